The lowest BCUT2D eigenvalue weighted by Gasteiger charge is -2.22. The molecule has 0 unspecified atom stereocenters. The summed E-state index contributed by atoms with van der Waals surface area (Å²) in [6.45, 7) is 12.1. The molecule has 7 heteroatoms. The molecule has 0 saturated heterocycles. The predicted octanol–water partition coefficient (Wildman–Crippen LogP) is 12.9. The van der Waals surface area contributed by atoms with E-state index in [1.807, 2.05) is 0 Å². The van der Waals surface area contributed by atoms with Crippen molar-refractivity contribution >= 4 is 11.9 Å². The van der Waals surface area contributed by atoms with Gasteiger partial charge in [0.2, 0.25) is 0 Å². The first-order valence-corrected chi connectivity index (χ1v) is 22.7. The van der Waals surface area contributed by atoms with Gasteiger partial charge in [0.15, 0.2) is 6.29 Å². The minimum atomic E-state index is -0.118. The zero-order valence-electron chi connectivity index (χ0n) is 35.3. The van der Waals surface area contributed by atoms with Gasteiger partial charge in [0, 0.05) is 26.1 Å². The minimum absolute atomic E-state index is 0.0281. The van der Waals surface area contributed by atoms with Gasteiger partial charge in [0.1, 0.15) is 0 Å². The Hall–Kier alpha value is -1.18. The van der Waals surface area contributed by atoms with Gasteiger partial charge in [-0.15, -0.1) is 0 Å². The van der Waals surface area contributed by atoms with E-state index in [0.717, 1.165) is 97.1 Å². The maximum atomic E-state index is 12.1. The van der Waals surface area contributed by atoms with Crippen molar-refractivity contribution in [3.8, 4) is 0 Å². The highest BCUT2D eigenvalue weighted by atomic mass is 16.7. The molecule has 0 bridgehead atoms. The SMILES string of the molecule is CCCCCCCCCOC(=O)CCCCCCCN(CCCCCCC(OCCCCCCCC)OCCCCCCCC)CCCC(=O)OC. The van der Waals surface area contributed by atoms with Crippen molar-refractivity contribution in [1.29, 1.82) is 0 Å². The second kappa shape index (κ2) is 42.6. The number of hydrogen-bond donors (Lipinski definition) is 0. The lowest BCUT2D eigenvalue weighted by atomic mass is 10.1. The summed E-state index contributed by atoms with van der Waals surface area (Å²) < 4.78 is 22.8. The van der Waals surface area contributed by atoms with E-state index in [4.69, 9.17) is 18.9 Å². The largest absolute Gasteiger partial charge is 0.469 e. The molecule has 0 aliphatic heterocycles. The molecule has 310 valence electrons. The number of methoxy groups -OCH3 is 1. The number of carbonyl (C=O) groups is 2. The van der Waals surface area contributed by atoms with Crippen LogP contribution in [-0.2, 0) is 28.5 Å². The van der Waals surface area contributed by atoms with E-state index in [0.29, 0.717) is 19.4 Å². The summed E-state index contributed by atoms with van der Waals surface area (Å²) >= 11 is 0. The summed E-state index contributed by atoms with van der Waals surface area (Å²) in [7, 11) is 1.47. The monoisotopic (exact) mass is 740 g/mol. The topological polar surface area (TPSA) is 74.3 Å². The van der Waals surface area contributed by atoms with Crippen molar-refractivity contribution in [1.82, 2.24) is 4.90 Å². The van der Waals surface area contributed by atoms with Crippen LogP contribution in [-0.4, -0.2) is 69.7 Å². The van der Waals surface area contributed by atoms with Crippen molar-refractivity contribution < 1.29 is 28.5 Å². The second-order valence-electron chi connectivity index (χ2n) is 15.3. The highest BCUT2D eigenvalue weighted by molar-refractivity contribution is 5.69. The minimum Gasteiger partial charge on any atom is -0.469 e. The smallest absolute Gasteiger partial charge is 0.305 e. The van der Waals surface area contributed by atoms with Gasteiger partial charge in [-0.1, -0.05) is 156 Å². The molecular formula is C45H89NO6. The number of esters is 2. The van der Waals surface area contributed by atoms with Crippen LogP contribution in [0.5, 0.6) is 0 Å². The van der Waals surface area contributed by atoms with Gasteiger partial charge in [0.05, 0.1) is 13.7 Å². The van der Waals surface area contributed by atoms with Crippen LogP contribution in [0.3, 0.4) is 0 Å². The molecule has 0 aromatic carbocycles. The van der Waals surface area contributed by atoms with Gasteiger partial charge in [-0.25, -0.2) is 0 Å². The highest BCUT2D eigenvalue weighted by Gasteiger charge is 2.11. The quantitative estimate of drug-likeness (QED) is 0.0350. The van der Waals surface area contributed by atoms with E-state index >= 15 is 0 Å². The number of ether oxygens (including phenoxy) is 4. The zero-order chi connectivity index (χ0) is 38.0. The molecule has 0 saturated carbocycles. The second-order valence-corrected chi connectivity index (χ2v) is 15.3. The molecule has 52 heavy (non-hydrogen) atoms. The maximum absolute atomic E-state index is 12.1. The fourth-order valence-electron chi connectivity index (χ4n) is 6.75. The van der Waals surface area contributed by atoms with E-state index in [1.165, 1.54) is 136 Å². The van der Waals surface area contributed by atoms with Gasteiger partial charge >= 0.3 is 11.9 Å². The van der Waals surface area contributed by atoms with E-state index < -0.39 is 0 Å². The van der Waals surface area contributed by atoms with Gasteiger partial charge in [-0.3, -0.25) is 9.59 Å². The van der Waals surface area contributed by atoms with Gasteiger partial charge in [-0.2, -0.15) is 0 Å². The summed E-state index contributed by atoms with van der Waals surface area (Å²) in [6, 6.07) is 0. The van der Waals surface area contributed by atoms with Crippen LogP contribution in [0.4, 0.5) is 0 Å². The van der Waals surface area contributed by atoms with Crippen LogP contribution in [0.1, 0.15) is 226 Å². The van der Waals surface area contributed by atoms with E-state index in [1.54, 1.807) is 0 Å². The molecule has 0 spiro atoms. The first-order valence-electron chi connectivity index (χ1n) is 22.7. The fourth-order valence-corrected chi connectivity index (χ4v) is 6.75. The molecule has 0 aliphatic rings. The average Bonchev–Trinajstić information content (AvgIpc) is 3.15. The van der Waals surface area contributed by atoms with Crippen molar-refractivity contribution in [3.63, 3.8) is 0 Å². The number of nitrogens with zero attached hydrogens (tertiary/aromatic N) is 1. The summed E-state index contributed by atoms with van der Waals surface area (Å²) in [6.07, 6.45) is 37.1. The van der Waals surface area contributed by atoms with E-state index in [2.05, 4.69) is 25.7 Å². The summed E-state index contributed by atoms with van der Waals surface area (Å²) in [4.78, 5) is 26.3. The lowest BCUT2D eigenvalue weighted by molar-refractivity contribution is -0.148. The van der Waals surface area contributed by atoms with E-state index in [9.17, 15) is 9.59 Å². The molecule has 0 atom stereocenters. The van der Waals surface area contributed by atoms with Crippen LogP contribution in [0.25, 0.3) is 0 Å². The summed E-state index contributed by atoms with van der Waals surface area (Å²) in [5.41, 5.74) is 0. The number of unbranched alkanes of at least 4 members (excludes halogenated alkanes) is 23. The standard InChI is InChI=1S/C45H89NO6/c1-5-8-11-14-17-25-30-40-50-44(48)34-26-19-18-21-28-37-46(39-33-35-43(47)49-4)38-29-22-20-27-36-45(51-41-31-23-15-12-9-6-2)52-42-32-24-16-13-10-7-3/h45H,5-42H2,1-4H3. The Morgan fingerprint density at radius 1 is 0.423 bits per heavy atom. The Kier molecular flexibility index (Phi) is 41.6. The van der Waals surface area contributed by atoms with Crippen LogP contribution in [0.15, 0.2) is 0 Å². The predicted molar refractivity (Wildman–Crippen MR) is 220 cm³/mol. The number of carbonyl (C=O) groups excluding carboxylic acids is 2. The Morgan fingerprint density at radius 3 is 1.31 bits per heavy atom. The number of rotatable bonds is 43. The van der Waals surface area contributed by atoms with Crippen LogP contribution in [0, 0.1) is 0 Å². The van der Waals surface area contributed by atoms with Crippen LogP contribution < -0.4 is 0 Å². The zero-order valence-corrected chi connectivity index (χ0v) is 35.3. The summed E-state index contributed by atoms with van der Waals surface area (Å²) in [5.74, 6) is -0.146. The van der Waals surface area contributed by atoms with Crippen molar-refractivity contribution in [2.45, 2.75) is 233 Å². The third-order valence-electron chi connectivity index (χ3n) is 10.2. The third-order valence-corrected chi connectivity index (χ3v) is 10.2. The first kappa shape index (κ1) is 50.8. The maximum Gasteiger partial charge on any atom is 0.305 e. The molecule has 0 heterocycles. The van der Waals surface area contributed by atoms with Crippen LogP contribution >= 0.6 is 0 Å². The average molecular weight is 740 g/mol. The normalized spacial score (nSPS) is 11.6. The molecule has 0 N–H and O–H groups in total. The molecule has 0 aromatic rings. The molecule has 0 rings (SSSR count). The Bertz CT molecular complexity index is 717. The highest BCUT2D eigenvalue weighted by Crippen LogP contribution is 2.15. The van der Waals surface area contributed by atoms with Crippen molar-refractivity contribution in [3.05, 3.63) is 0 Å². The van der Waals surface area contributed by atoms with Crippen molar-refractivity contribution in [2.75, 3.05) is 46.6 Å². The van der Waals surface area contributed by atoms with E-state index in [-0.39, 0.29) is 18.2 Å². The molecule has 7 nitrogen and oxygen atoms in total. The Balaban J connectivity index is 4.29. The number of hydrogen-bond acceptors (Lipinski definition) is 7. The lowest BCUT2D eigenvalue weighted by Crippen LogP contribution is -2.28. The summed E-state index contributed by atoms with van der Waals surface area (Å²) in [5, 5.41) is 0. The Labute approximate surface area is 323 Å². The van der Waals surface area contributed by atoms with Crippen LogP contribution in [0.2, 0.25) is 0 Å². The molecule has 0 aliphatic carbocycles. The third kappa shape index (κ3) is 38.5. The van der Waals surface area contributed by atoms with Gasteiger partial charge in [-0.05, 0) is 77.4 Å². The first-order chi connectivity index (χ1) is 25.6. The molecule has 0 radical (unpaired) electrons. The molecular weight excluding hydrogens is 650 g/mol. The molecule has 0 amide bonds. The van der Waals surface area contributed by atoms with Crippen molar-refractivity contribution in [2.24, 2.45) is 0 Å². The fraction of sp³-hybridized carbons (Fsp3) is 0.956. The molecule has 0 fully saturated rings. The van der Waals surface area contributed by atoms with Gasteiger partial charge < -0.3 is 23.8 Å². The molecule has 0 aromatic heterocycles. The van der Waals surface area contributed by atoms with Gasteiger partial charge in [0.25, 0.3) is 0 Å². The Morgan fingerprint density at radius 2 is 0.808 bits per heavy atom.